The second-order valence-corrected chi connectivity index (χ2v) is 10.8. The predicted octanol–water partition coefficient (Wildman–Crippen LogP) is 4.80. The quantitative estimate of drug-likeness (QED) is 0.201. The molecular formula is C21H45NO4S. The summed E-state index contributed by atoms with van der Waals surface area (Å²) in [6, 6.07) is 0. The van der Waals surface area contributed by atoms with E-state index in [2.05, 4.69) is 6.92 Å². The second kappa shape index (κ2) is 13.9. The topological polar surface area (TPSA) is 77.4 Å². The van der Waals surface area contributed by atoms with Crippen LogP contribution in [0.3, 0.4) is 0 Å². The van der Waals surface area contributed by atoms with Crippen LogP contribution in [0.4, 0.5) is 0 Å². The van der Waals surface area contributed by atoms with Crippen molar-refractivity contribution in [1.82, 2.24) is 0 Å². The lowest BCUT2D eigenvalue weighted by Crippen LogP contribution is -2.54. The van der Waals surface area contributed by atoms with Crippen molar-refractivity contribution < 1.29 is 22.6 Å². The van der Waals surface area contributed by atoms with E-state index >= 15 is 0 Å². The molecule has 1 N–H and O–H groups in total. The predicted molar refractivity (Wildman–Crippen MR) is 112 cm³/mol. The van der Waals surface area contributed by atoms with E-state index in [9.17, 15) is 18.1 Å². The average molecular weight is 408 g/mol. The Morgan fingerprint density at radius 1 is 0.778 bits per heavy atom. The molecule has 6 heteroatoms. The van der Waals surface area contributed by atoms with Crippen molar-refractivity contribution in [3.63, 3.8) is 0 Å². The van der Waals surface area contributed by atoms with E-state index in [1.54, 1.807) is 0 Å². The molecule has 0 aliphatic rings. The van der Waals surface area contributed by atoms with Crippen molar-refractivity contribution in [3.8, 4) is 0 Å². The Bertz CT molecular complexity index is 461. The van der Waals surface area contributed by atoms with Crippen molar-refractivity contribution >= 4 is 10.1 Å². The molecule has 0 aliphatic carbocycles. The van der Waals surface area contributed by atoms with Crippen molar-refractivity contribution in [2.75, 3.05) is 27.2 Å². The van der Waals surface area contributed by atoms with Crippen LogP contribution in [-0.2, 0) is 10.1 Å². The van der Waals surface area contributed by atoms with Crippen molar-refractivity contribution in [1.29, 1.82) is 0 Å². The van der Waals surface area contributed by atoms with Gasteiger partial charge in [-0.3, -0.25) is 0 Å². The number of hydrogen-bond acceptors (Lipinski definition) is 4. The Balaban J connectivity index is 3.58. The van der Waals surface area contributed by atoms with E-state index in [0.29, 0.717) is 4.48 Å². The molecule has 5 nitrogen and oxygen atoms in total. The Morgan fingerprint density at radius 3 is 1.44 bits per heavy atom. The second-order valence-electron chi connectivity index (χ2n) is 9.04. The standard InChI is InChI=1S/C21H45NO4S/c1-5-6-7-8-9-10-11-12-13-14-15-16-17-18-19-22(3,4)20-21(2,23)27(24,25)26/h23H,5-20H2,1-4H3. The molecule has 0 fully saturated rings. The smallest absolute Gasteiger partial charge is 0.200 e. The van der Waals surface area contributed by atoms with Gasteiger partial charge >= 0.3 is 0 Å². The van der Waals surface area contributed by atoms with Crippen LogP contribution in [0.1, 0.15) is 104 Å². The van der Waals surface area contributed by atoms with Gasteiger partial charge in [0.2, 0.25) is 4.93 Å². The molecule has 0 heterocycles. The highest BCUT2D eigenvalue weighted by molar-refractivity contribution is 7.86. The van der Waals surface area contributed by atoms with Crippen LogP contribution in [0.25, 0.3) is 0 Å². The number of likely N-dealkylation sites (N-methyl/N-ethyl adjacent to an activating group) is 1. The van der Waals surface area contributed by atoms with Gasteiger partial charge in [0.1, 0.15) is 16.7 Å². The van der Waals surface area contributed by atoms with E-state index in [-0.39, 0.29) is 6.54 Å². The first-order valence-electron chi connectivity index (χ1n) is 11.0. The van der Waals surface area contributed by atoms with Gasteiger partial charge in [0.05, 0.1) is 20.6 Å². The van der Waals surface area contributed by atoms with Crippen LogP contribution in [0.5, 0.6) is 0 Å². The first-order valence-corrected chi connectivity index (χ1v) is 12.4. The molecule has 164 valence electrons. The lowest BCUT2D eigenvalue weighted by Gasteiger charge is -2.37. The van der Waals surface area contributed by atoms with Crippen LogP contribution in [0.15, 0.2) is 0 Å². The monoisotopic (exact) mass is 407 g/mol. The molecule has 0 rings (SSSR count). The average Bonchev–Trinajstić information content (AvgIpc) is 2.53. The Labute approximate surface area is 168 Å². The maximum atomic E-state index is 11.1. The molecule has 27 heavy (non-hydrogen) atoms. The van der Waals surface area contributed by atoms with Gasteiger partial charge in [-0.15, -0.1) is 0 Å². The third-order valence-electron chi connectivity index (χ3n) is 5.38. The third kappa shape index (κ3) is 14.5. The third-order valence-corrected chi connectivity index (χ3v) is 6.58. The van der Waals surface area contributed by atoms with E-state index in [4.69, 9.17) is 0 Å². The van der Waals surface area contributed by atoms with Gasteiger partial charge in [0, 0.05) is 0 Å². The van der Waals surface area contributed by atoms with Gasteiger partial charge in [-0.25, -0.2) is 8.42 Å². The minimum atomic E-state index is -4.70. The summed E-state index contributed by atoms with van der Waals surface area (Å²) in [5.74, 6) is 0. The maximum absolute atomic E-state index is 11.1. The molecule has 0 saturated heterocycles. The minimum Gasteiger partial charge on any atom is -0.746 e. The molecule has 0 aromatic carbocycles. The highest BCUT2D eigenvalue weighted by Crippen LogP contribution is 2.18. The van der Waals surface area contributed by atoms with E-state index in [1.807, 2.05) is 14.1 Å². The fraction of sp³-hybridized carbons (Fsp3) is 1.00. The van der Waals surface area contributed by atoms with Crippen molar-refractivity contribution in [2.24, 2.45) is 0 Å². The largest absolute Gasteiger partial charge is 0.746 e. The lowest BCUT2D eigenvalue weighted by molar-refractivity contribution is -0.894. The number of quaternary nitrogens is 1. The number of rotatable bonds is 18. The fourth-order valence-electron chi connectivity index (χ4n) is 3.69. The van der Waals surface area contributed by atoms with Gasteiger partial charge in [-0.05, 0) is 19.8 Å². The minimum absolute atomic E-state index is 0.0721. The van der Waals surface area contributed by atoms with Crippen LogP contribution < -0.4 is 0 Å². The fourth-order valence-corrected chi connectivity index (χ4v) is 4.19. The summed E-state index contributed by atoms with van der Waals surface area (Å²) in [6.07, 6.45) is 18.2. The molecule has 0 saturated carbocycles. The van der Waals surface area contributed by atoms with Crippen molar-refractivity contribution in [3.05, 3.63) is 0 Å². The van der Waals surface area contributed by atoms with E-state index in [0.717, 1.165) is 26.3 Å². The van der Waals surface area contributed by atoms with E-state index in [1.165, 1.54) is 77.0 Å². The van der Waals surface area contributed by atoms with Gasteiger partial charge in [-0.2, -0.15) is 0 Å². The molecule has 0 bridgehead atoms. The Hall–Kier alpha value is -0.170. The van der Waals surface area contributed by atoms with Crippen LogP contribution in [0.2, 0.25) is 0 Å². The zero-order chi connectivity index (χ0) is 20.8. The first-order chi connectivity index (χ1) is 12.5. The summed E-state index contributed by atoms with van der Waals surface area (Å²) >= 11 is 0. The highest BCUT2D eigenvalue weighted by atomic mass is 32.2. The summed E-state index contributed by atoms with van der Waals surface area (Å²) in [5.41, 5.74) is 0. The molecule has 0 spiro atoms. The van der Waals surface area contributed by atoms with E-state index < -0.39 is 15.1 Å². The summed E-state index contributed by atoms with van der Waals surface area (Å²) in [7, 11) is -0.978. The summed E-state index contributed by atoms with van der Waals surface area (Å²) in [5, 5.41) is 9.89. The normalized spacial score (nSPS) is 15.0. The van der Waals surface area contributed by atoms with Gasteiger partial charge < -0.3 is 14.1 Å². The number of aliphatic hydroxyl groups is 1. The van der Waals surface area contributed by atoms with Crippen LogP contribution in [0, 0.1) is 0 Å². The zero-order valence-corrected chi connectivity index (χ0v) is 19.2. The molecule has 0 aliphatic heterocycles. The van der Waals surface area contributed by atoms with Crippen LogP contribution >= 0.6 is 0 Å². The summed E-state index contributed by atoms with van der Waals surface area (Å²) in [6.45, 7) is 4.05. The van der Waals surface area contributed by atoms with Gasteiger partial charge in [-0.1, -0.05) is 84.0 Å². The molecule has 0 amide bonds. The molecule has 0 aromatic heterocycles. The Kier molecular flexibility index (Phi) is 13.8. The summed E-state index contributed by atoms with van der Waals surface area (Å²) in [4.78, 5) is -2.20. The highest BCUT2D eigenvalue weighted by Gasteiger charge is 2.36. The molecule has 1 atom stereocenters. The lowest BCUT2D eigenvalue weighted by atomic mass is 10.0. The maximum Gasteiger partial charge on any atom is 0.200 e. The Morgan fingerprint density at radius 2 is 1.11 bits per heavy atom. The number of hydrogen-bond donors (Lipinski definition) is 1. The SMILES string of the molecule is CCCCCCCCCCCCCCCC[N+](C)(C)CC(C)(O)S(=O)(=O)[O-]. The molecule has 0 aromatic rings. The number of nitrogens with zero attached hydrogens (tertiary/aromatic N) is 1. The molecule has 0 radical (unpaired) electrons. The van der Waals surface area contributed by atoms with Gasteiger partial charge in [0.25, 0.3) is 0 Å². The zero-order valence-electron chi connectivity index (χ0n) is 18.3. The summed E-state index contributed by atoms with van der Waals surface area (Å²) < 4.78 is 33.7. The number of unbranched alkanes of at least 4 members (excludes halogenated alkanes) is 13. The van der Waals surface area contributed by atoms with Crippen LogP contribution in [-0.4, -0.2) is 54.7 Å². The molecule has 1 unspecified atom stereocenters. The van der Waals surface area contributed by atoms with Crippen molar-refractivity contribution in [2.45, 2.75) is 109 Å². The van der Waals surface area contributed by atoms with Gasteiger partial charge in [0.15, 0.2) is 0 Å². The first kappa shape index (κ1) is 26.8. The molecular weight excluding hydrogens is 362 g/mol.